The number of ether oxygens (including phenoxy) is 3. The first-order valence-electron chi connectivity index (χ1n) is 8.72. The highest BCUT2D eigenvalue weighted by Crippen LogP contribution is 2.52. The first kappa shape index (κ1) is 16.9. The molecule has 0 radical (unpaired) electrons. The van der Waals surface area contributed by atoms with Crippen LogP contribution in [0.15, 0.2) is 48.5 Å². The van der Waals surface area contributed by atoms with Gasteiger partial charge >= 0.3 is 0 Å². The second-order valence-corrected chi connectivity index (χ2v) is 7.84. The Morgan fingerprint density at radius 2 is 1.68 bits per heavy atom. The monoisotopic (exact) mass is 358 g/mol. The van der Waals surface area contributed by atoms with E-state index in [0.29, 0.717) is 13.2 Å². The zero-order valence-corrected chi connectivity index (χ0v) is 15.3. The van der Waals surface area contributed by atoms with E-state index in [-0.39, 0.29) is 23.0 Å². The Labute approximate surface area is 153 Å². The van der Waals surface area contributed by atoms with Crippen molar-refractivity contribution in [2.45, 2.75) is 30.4 Å². The first-order chi connectivity index (χ1) is 12.1. The Bertz CT molecular complexity index is 728. The summed E-state index contributed by atoms with van der Waals surface area (Å²) >= 11 is 7.02. The Morgan fingerprint density at radius 1 is 1.00 bits per heavy atom. The van der Waals surface area contributed by atoms with Crippen molar-refractivity contribution in [3.63, 3.8) is 0 Å². The fourth-order valence-corrected chi connectivity index (χ4v) is 4.25. The molecule has 4 atom stereocenters. The molecule has 4 rings (SSSR count). The van der Waals surface area contributed by atoms with Gasteiger partial charge in [-0.25, -0.2) is 0 Å². The molecule has 2 aromatic rings. The summed E-state index contributed by atoms with van der Waals surface area (Å²) in [6.07, 6.45) is 0.782. The number of aryl methyl sites for hydroxylation is 1. The summed E-state index contributed by atoms with van der Waals surface area (Å²) in [5.74, 6) is 1.00. The van der Waals surface area contributed by atoms with Crippen LogP contribution in [-0.4, -0.2) is 25.2 Å². The average molecular weight is 359 g/mol. The van der Waals surface area contributed by atoms with Crippen LogP contribution in [0.1, 0.15) is 35.3 Å². The highest BCUT2D eigenvalue weighted by Gasteiger charge is 2.53. The Morgan fingerprint density at radius 3 is 2.36 bits per heavy atom. The van der Waals surface area contributed by atoms with Gasteiger partial charge in [-0.2, -0.15) is 0 Å². The quantitative estimate of drug-likeness (QED) is 0.735. The molecular formula is C21H23ClO3. The molecule has 2 fully saturated rings. The molecule has 4 heteroatoms. The molecule has 0 bridgehead atoms. The molecule has 25 heavy (non-hydrogen) atoms. The van der Waals surface area contributed by atoms with Crippen LogP contribution in [0, 0.1) is 12.8 Å². The van der Waals surface area contributed by atoms with Crippen molar-refractivity contribution < 1.29 is 14.2 Å². The molecule has 0 amide bonds. The lowest BCUT2D eigenvalue weighted by atomic mass is 9.80. The van der Waals surface area contributed by atoms with Crippen molar-refractivity contribution in [2.24, 2.45) is 5.92 Å². The van der Waals surface area contributed by atoms with E-state index < -0.39 is 0 Å². The Balaban J connectivity index is 1.52. The minimum atomic E-state index is -0.377. The summed E-state index contributed by atoms with van der Waals surface area (Å²) in [5, 5.41) is 0. The Kier molecular flexibility index (Phi) is 4.48. The molecule has 2 aromatic carbocycles. The maximum Gasteiger partial charge on any atom is 0.118 e. The molecule has 0 spiro atoms. The van der Waals surface area contributed by atoms with Gasteiger partial charge in [0.1, 0.15) is 5.75 Å². The zero-order valence-electron chi connectivity index (χ0n) is 14.6. The van der Waals surface area contributed by atoms with E-state index in [1.807, 2.05) is 12.1 Å². The van der Waals surface area contributed by atoms with Crippen LogP contribution >= 0.6 is 11.6 Å². The van der Waals surface area contributed by atoms with Crippen LogP contribution in [0.2, 0.25) is 0 Å². The van der Waals surface area contributed by atoms with Crippen molar-refractivity contribution in [3.05, 3.63) is 65.2 Å². The fraction of sp³-hybridized carbons (Fsp3) is 0.429. The number of benzene rings is 2. The predicted molar refractivity (Wildman–Crippen MR) is 98.3 cm³/mol. The number of rotatable bonds is 3. The first-order valence-corrected chi connectivity index (χ1v) is 9.09. The van der Waals surface area contributed by atoms with Crippen LogP contribution in [0.4, 0.5) is 0 Å². The molecule has 2 heterocycles. The normalized spacial score (nSPS) is 31.6. The predicted octanol–water partition coefficient (Wildman–Crippen LogP) is 4.83. The van der Waals surface area contributed by atoms with E-state index in [1.165, 1.54) is 11.1 Å². The van der Waals surface area contributed by atoms with Gasteiger partial charge in [0.05, 0.1) is 37.4 Å². The zero-order chi connectivity index (χ0) is 17.4. The third-order valence-electron chi connectivity index (χ3n) is 5.43. The maximum atomic E-state index is 7.02. The van der Waals surface area contributed by atoms with Crippen molar-refractivity contribution in [2.75, 3.05) is 20.3 Å². The van der Waals surface area contributed by atoms with Gasteiger partial charge in [-0.15, -0.1) is 11.6 Å². The van der Waals surface area contributed by atoms with Gasteiger partial charge in [0, 0.05) is 5.92 Å². The lowest BCUT2D eigenvalue weighted by molar-refractivity contribution is -0.0380. The van der Waals surface area contributed by atoms with Crippen LogP contribution in [-0.2, 0) is 9.47 Å². The van der Waals surface area contributed by atoms with Gasteiger partial charge in [-0.3, -0.25) is 0 Å². The topological polar surface area (TPSA) is 27.7 Å². The lowest BCUT2D eigenvalue weighted by Gasteiger charge is -2.39. The smallest absolute Gasteiger partial charge is 0.118 e. The Hall–Kier alpha value is -1.55. The number of hydrogen-bond donors (Lipinski definition) is 0. The summed E-state index contributed by atoms with van der Waals surface area (Å²) in [6, 6.07) is 16.6. The summed E-state index contributed by atoms with van der Waals surface area (Å²) in [4.78, 5) is -0.377. The SMILES string of the molecule is COc1ccc([C@H]2OC[C@@]3(Cl)C[C@H](c4ccc(C)cc4)OC[C@@H]23)cc1. The standard InChI is InChI=1S/C21H23ClO3/c1-14-3-5-15(6-4-14)19-11-21(22)13-25-20(18(21)12-24-19)16-7-9-17(23-2)10-8-16/h3-10,18-20H,11-13H2,1-2H3/t18-,19+,20+,21-/m0/s1. The minimum absolute atomic E-state index is 0.0256. The molecule has 3 nitrogen and oxygen atoms in total. The maximum absolute atomic E-state index is 7.02. The molecule has 2 saturated heterocycles. The van der Waals surface area contributed by atoms with Crippen LogP contribution in [0.25, 0.3) is 0 Å². The van der Waals surface area contributed by atoms with Crippen LogP contribution < -0.4 is 4.74 Å². The van der Waals surface area contributed by atoms with E-state index in [1.54, 1.807) is 7.11 Å². The van der Waals surface area contributed by atoms with Gasteiger partial charge in [0.2, 0.25) is 0 Å². The third kappa shape index (κ3) is 3.17. The van der Waals surface area contributed by atoms with Gasteiger partial charge in [0.15, 0.2) is 0 Å². The van der Waals surface area contributed by atoms with Crippen LogP contribution in [0.3, 0.4) is 0 Å². The lowest BCUT2D eigenvalue weighted by Crippen LogP contribution is -2.41. The molecule has 132 valence electrons. The van der Waals surface area contributed by atoms with Crippen LogP contribution in [0.5, 0.6) is 5.75 Å². The molecule has 0 N–H and O–H groups in total. The number of fused-ring (bicyclic) bond motifs is 1. The van der Waals surface area contributed by atoms with Gasteiger partial charge in [-0.05, 0) is 36.6 Å². The molecule has 0 saturated carbocycles. The largest absolute Gasteiger partial charge is 0.497 e. The molecule has 0 aliphatic carbocycles. The highest BCUT2D eigenvalue weighted by molar-refractivity contribution is 6.24. The molecular weight excluding hydrogens is 336 g/mol. The van der Waals surface area contributed by atoms with Crippen molar-refractivity contribution in [1.82, 2.24) is 0 Å². The molecule has 0 aromatic heterocycles. The molecule has 2 aliphatic rings. The van der Waals surface area contributed by atoms with E-state index in [9.17, 15) is 0 Å². The minimum Gasteiger partial charge on any atom is -0.497 e. The molecule has 2 aliphatic heterocycles. The number of methoxy groups -OCH3 is 1. The van der Waals surface area contributed by atoms with Gasteiger partial charge in [0.25, 0.3) is 0 Å². The second-order valence-electron chi connectivity index (χ2n) is 7.08. The average Bonchev–Trinajstić information content (AvgIpc) is 2.99. The second kappa shape index (κ2) is 6.64. The number of hydrogen-bond acceptors (Lipinski definition) is 3. The van der Waals surface area contributed by atoms with Gasteiger partial charge < -0.3 is 14.2 Å². The summed E-state index contributed by atoms with van der Waals surface area (Å²) in [7, 11) is 1.67. The van der Waals surface area contributed by atoms with Gasteiger partial charge in [-0.1, -0.05) is 42.0 Å². The van der Waals surface area contributed by atoms with Crippen molar-refractivity contribution in [1.29, 1.82) is 0 Å². The summed E-state index contributed by atoms with van der Waals surface area (Å²) < 4.78 is 17.5. The summed E-state index contributed by atoms with van der Waals surface area (Å²) in [5.41, 5.74) is 3.57. The van der Waals surface area contributed by atoms with E-state index in [4.69, 9.17) is 25.8 Å². The summed E-state index contributed by atoms with van der Waals surface area (Å²) in [6.45, 7) is 3.26. The number of alkyl halides is 1. The third-order valence-corrected chi connectivity index (χ3v) is 5.97. The van der Waals surface area contributed by atoms with Crippen molar-refractivity contribution >= 4 is 11.6 Å². The number of halogens is 1. The van der Waals surface area contributed by atoms with Crippen molar-refractivity contribution in [3.8, 4) is 5.75 Å². The van der Waals surface area contributed by atoms with E-state index >= 15 is 0 Å². The highest BCUT2D eigenvalue weighted by atomic mass is 35.5. The van der Waals surface area contributed by atoms with E-state index in [0.717, 1.165) is 17.7 Å². The van der Waals surface area contributed by atoms with E-state index in [2.05, 4.69) is 43.3 Å². The fourth-order valence-electron chi connectivity index (χ4n) is 3.87. The molecule has 0 unspecified atom stereocenters.